The fourth-order valence-electron chi connectivity index (χ4n) is 5.94. The topological polar surface area (TPSA) is 145 Å². The first kappa shape index (κ1) is 25.2. The number of aromatic nitrogens is 6. The molecule has 3 aliphatic rings. The number of H-pyrrole nitrogens is 2. The predicted molar refractivity (Wildman–Crippen MR) is 139 cm³/mol. The van der Waals surface area contributed by atoms with Crippen molar-refractivity contribution in [3.8, 4) is 5.75 Å². The van der Waals surface area contributed by atoms with Gasteiger partial charge in [0.1, 0.15) is 24.0 Å². The number of tetrazole rings is 1. The monoisotopic (exact) mass is 539 g/mol. The molecule has 1 saturated heterocycles. The number of ether oxygens (including phenoxy) is 2. The zero-order chi connectivity index (χ0) is 27.1. The van der Waals surface area contributed by atoms with Crippen LogP contribution in [0.15, 0.2) is 16.9 Å². The fourth-order valence-corrected chi connectivity index (χ4v) is 5.94. The van der Waals surface area contributed by atoms with E-state index in [1.54, 1.807) is 18.1 Å². The third kappa shape index (κ3) is 4.28. The van der Waals surface area contributed by atoms with Crippen molar-refractivity contribution >= 4 is 23.4 Å². The zero-order valence-corrected chi connectivity index (χ0v) is 21.9. The summed E-state index contributed by atoms with van der Waals surface area (Å²) in [6.07, 6.45) is 2.37. The lowest BCUT2D eigenvalue weighted by atomic mass is 9.73. The molecular formula is C25H30FN9O4. The van der Waals surface area contributed by atoms with E-state index in [-0.39, 0.29) is 30.4 Å². The molecule has 0 bridgehead atoms. The second-order valence-corrected chi connectivity index (χ2v) is 10.2. The third-order valence-electron chi connectivity index (χ3n) is 7.93. The molecular weight excluding hydrogens is 509 g/mol. The summed E-state index contributed by atoms with van der Waals surface area (Å²) in [7, 11) is 3.50. The number of hydrogen-bond acceptors (Lipinski definition) is 10. The number of fused-ring (bicyclic) bond motifs is 3. The van der Waals surface area contributed by atoms with Crippen LogP contribution in [0.1, 0.15) is 36.2 Å². The Bertz CT molecular complexity index is 1440. The first-order valence-electron chi connectivity index (χ1n) is 13.0. The number of hydrogen-bond donors (Lipinski definition) is 2. The van der Waals surface area contributed by atoms with E-state index in [2.05, 4.69) is 25.6 Å². The van der Waals surface area contributed by atoms with Gasteiger partial charge in [0.05, 0.1) is 23.3 Å². The number of halogens is 1. The van der Waals surface area contributed by atoms with Gasteiger partial charge in [0.25, 0.3) is 5.56 Å². The molecule has 0 aliphatic carbocycles. The Morgan fingerprint density at radius 3 is 2.74 bits per heavy atom. The Hall–Kier alpha value is -4.07. The van der Waals surface area contributed by atoms with Gasteiger partial charge >= 0.3 is 0 Å². The number of methoxy groups -OCH3 is 1. The van der Waals surface area contributed by atoms with Crippen LogP contribution in [0.3, 0.4) is 0 Å². The summed E-state index contributed by atoms with van der Waals surface area (Å²) < 4.78 is 26.8. The Kier molecular flexibility index (Phi) is 6.41. The number of benzene rings is 1. The minimum Gasteiger partial charge on any atom is -0.485 e. The zero-order valence-electron chi connectivity index (χ0n) is 21.9. The first-order valence-corrected chi connectivity index (χ1v) is 13.0. The SMILES string of the molecule is COCCN1C(=O)C2(CCN(c3nc4c(c(=O)[nH]3)CCCN4C)CC2)c2c(F)cc(OCc3nnn[nH]3)cc21. The Morgan fingerprint density at radius 2 is 2.00 bits per heavy atom. The third-order valence-corrected chi connectivity index (χ3v) is 7.93. The van der Waals surface area contributed by atoms with E-state index >= 15 is 4.39 Å². The number of carbonyl (C=O) groups is 1. The highest BCUT2D eigenvalue weighted by atomic mass is 19.1. The van der Waals surface area contributed by atoms with Crippen molar-refractivity contribution in [1.82, 2.24) is 30.6 Å². The van der Waals surface area contributed by atoms with Crippen LogP contribution >= 0.6 is 0 Å². The largest absolute Gasteiger partial charge is 0.485 e. The van der Waals surface area contributed by atoms with E-state index in [0.717, 1.165) is 13.0 Å². The molecule has 39 heavy (non-hydrogen) atoms. The van der Waals surface area contributed by atoms with Gasteiger partial charge in [-0.15, -0.1) is 5.10 Å². The Labute approximate surface area is 223 Å². The van der Waals surface area contributed by atoms with Crippen molar-refractivity contribution in [1.29, 1.82) is 0 Å². The molecule has 0 unspecified atom stereocenters. The lowest BCUT2D eigenvalue weighted by molar-refractivity contribution is -0.124. The molecule has 2 N–H and O–H groups in total. The Morgan fingerprint density at radius 1 is 1.18 bits per heavy atom. The quantitative estimate of drug-likeness (QED) is 0.444. The van der Waals surface area contributed by atoms with Gasteiger partial charge in [-0.1, -0.05) is 0 Å². The molecule has 1 amide bonds. The molecule has 0 saturated carbocycles. The highest BCUT2D eigenvalue weighted by Crippen LogP contribution is 2.50. The molecule has 206 valence electrons. The summed E-state index contributed by atoms with van der Waals surface area (Å²) in [6, 6.07) is 3.00. The lowest BCUT2D eigenvalue weighted by Crippen LogP contribution is -2.50. The van der Waals surface area contributed by atoms with Gasteiger partial charge in [-0.05, 0) is 36.1 Å². The smallest absolute Gasteiger partial charge is 0.257 e. The molecule has 3 aromatic rings. The maximum Gasteiger partial charge on any atom is 0.257 e. The summed E-state index contributed by atoms with van der Waals surface area (Å²) in [5, 5.41) is 13.4. The maximum atomic E-state index is 15.8. The summed E-state index contributed by atoms with van der Waals surface area (Å²) in [5.74, 6) is 1.20. The van der Waals surface area contributed by atoms with Gasteiger partial charge in [-0.2, -0.15) is 4.98 Å². The number of nitrogens with zero attached hydrogens (tertiary/aromatic N) is 7. The van der Waals surface area contributed by atoms with E-state index in [4.69, 9.17) is 14.5 Å². The van der Waals surface area contributed by atoms with Gasteiger partial charge in [-0.3, -0.25) is 14.6 Å². The number of rotatable bonds is 7. The molecule has 1 spiro atoms. The van der Waals surface area contributed by atoms with Crippen LogP contribution in [0.2, 0.25) is 0 Å². The van der Waals surface area contributed by atoms with E-state index < -0.39 is 11.2 Å². The van der Waals surface area contributed by atoms with E-state index in [9.17, 15) is 9.59 Å². The van der Waals surface area contributed by atoms with Crippen LogP contribution in [-0.4, -0.2) is 83.4 Å². The molecule has 13 nitrogen and oxygen atoms in total. The number of anilines is 3. The number of carbonyl (C=O) groups excluding carboxylic acids is 1. The minimum absolute atomic E-state index is 0.0263. The predicted octanol–water partition coefficient (Wildman–Crippen LogP) is 0.915. The molecule has 0 atom stereocenters. The van der Waals surface area contributed by atoms with Gasteiger partial charge in [-0.25, -0.2) is 9.49 Å². The normalized spacial score (nSPS) is 18.0. The average Bonchev–Trinajstić information content (AvgIpc) is 3.53. The molecule has 6 rings (SSSR count). The first-order chi connectivity index (χ1) is 18.9. The minimum atomic E-state index is -1.03. The second kappa shape index (κ2) is 9.91. The molecule has 3 aliphatic heterocycles. The highest BCUT2D eigenvalue weighted by Gasteiger charge is 2.54. The number of aromatic amines is 2. The van der Waals surface area contributed by atoms with E-state index in [1.807, 2.05) is 16.8 Å². The molecule has 0 radical (unpaired) electrons. The molecule has 1 fully saturated rings. The maximum absolute atomic E-state index is 15.8. The summed E-state index contributed by atoms with van der Waals surface area (Å²) >= 11 is 0. The molecule has 14 heteroatoms. The second-order valence-electron chi connectivity index (χ2n) is 10.2. The standard InChI is InChI=1S/C25H30FN9O4/c1-33-7-3-4-16-21(33)27-24(28-22(16)36)34-8-5-25(6-9-34)20-17(26)12-15(39-14-19-29-31-32-30-19)13-18(20)35(23(25)37)10-11-38-2/h12-13H,3-11,14H2,1-2H3,(H,27,28,36)(H,29,30,31,32). The van der Waals surface area contributed by atoms with Gasteiger partial charge < -0.3 is 24.2 Å². The van der Waals surface area contributed by atoms with Crippen LogP contribution in [0.4, 0.5) is 21.8 Å². The number of nitrogens with one attached hydrogen (secondary N) is 2. The average molecular weight is 540 g/mol. The number of amides is 1. The Balaban J connectivity index is 1.29. The molecule has 1 aromatic carbocycles. The molecule has 2 aromatic heterocycles. The summed E-state index contributed by atoms with van der Waals surface area (Å²) in [5.41, 5.74) is 0.410. The van der Waals surface area contributed by atoms with Crippen LogP contribution in [-0.2, 0) is 28.0 Å². The van der Waals surface area contributed by atoms with E-state index in [0.29, 0.717) is 73.4 Å². The van der Waals surface area contributed by atoms with Crippen molar-refractivity contribution < 1.29 is 18.7 Å². The van der Waals surface area contributed by atoms with E-state index in [1.165, 1.54) is 6.07 Å². The van der Waals surface area contributed by atoms with Crippen molar-refractivity contribution in [2.24, 2.45) is 0 Å². The van der Waals surface area contributed by atoms with Gasteiger partial charge in [0.15, 0.2) is 5.82 Å². The van der Waals surface area contributed by atoms with Crippen molar-refractivity contribution in [3.05, 3.63) is 45.3 Å². The van der Waals surface area contributed by atoms with Crippen LogP contribution in [0.5, 0.6) is 5.75 Å². The van der Waals surface area contributed by atoms with Gasteiger partial charge in [0.2, 0.25) is 11.9 Å². The molecule has 5 heterocycles. The summed E-state index contributed by atoms with van der Waals surface area (Å²) in [6.45, 7) is 2.33. The number of piperidine rings is 1. The lowest BCUT2D eigenvalue weighted by Gasteiger charge is -2.39. The fraction of sp³-hybridized carbons (Fsp3) is 0.520. The van der Waals surface area contributed by atoms with Crippen molar-refractivity contribution in [3.63, 3.8) is 0 Å². The van der Waals surface area contributed by atoms with Gasteiger partial charge in [0, 0.05) is 58.0 Å². The van der Waals surface area contributed by atoms with Crippen LogP contribution in [0.25, 0.3) is 0 Å². The highest BCUT2D eigenvalue weighted by molar-refractivity contribution is 6.08. The van der Waals surface area contributed by atoms with Crippen molar-refractivity contribution in [2.75, 3.05) is 61.6 Å². The van der Waals surface area contributed by atoms with Crippen molar-refractivity contribution in [2.45, 2.75) is 37.7 Å². The van der Waals surface area contributed by atoms with Crippen LogP contribution < -0.4 is 25.0 Å². The van der Waals surface area contributed by atoms with Crippen LogP contribution in [0, 0.1) is 5.82 Å². The summed E-state index contributed by atoms with van der Waals surface area (Å²) in [4.78, 5) is 40.0.